The van der Waals surface area contributed by atoms with E-state index < -0.39 is 0 Å². The van der Waals surface area contributed by atoms with Crippen molar-refractivity contribution in [3.8, 4) is 0 Å². The van der Waals surface area contributed by atoms with E-state index in [1.807, 2.05) is 11.3 Å². The van der Waals surface area contributed by atoms with Crippen LogP contribution in [0.25, 0.3) is 0 Å². The normalized spacial score (nSPS) is 13.0. The Labute approximate surface area is 97.1 Å². The van der Waals surface area contributed by atoms with E-state index in [1.165, 1.54) is 16.9 Å². The van der Waals surface area contributed by atoms with Crippen molar-refractivity contribution in [3.05, 3.63) is 21.9 Å². The summed E-state index contributed by atoms with van der Waals surface area (Å²) in [6.45, 7) is 9.71. The van der Waals surface area contributed by atoms with Crippen molar-refractivity contribution in [3.63, 3.8) is 0 Å². The first-order valence-electron chi connectivity index (χ1n) is 5.71. The maximum absolute atomic E-state index is 3.47. The molecule has 2 N–H and O–H groups in total. The zero-order valence-electron chi connectivity index (χ0n) is 9.97. The standard InChI is InChI=1S/C12H22N2S/c1-4-11(3)14-7-6-13-9-12-10(2)5-8-15-12/h5,8,11,13-14H,4,6-7,9H2,1-3H3. The van der Waals surface area contributed by atoms with Crippen molar-refractivity contribution in [2.24, 2.45) is 0 Å². The second kappa shape index (κ2) is 6.99. The monoisotopic (exact) mass is 226 g/mol. The largest absolute Gasteiger partial charge is 0.313 e. The maximum atomic E-state index is 3.47. The van der Waals surface area contributed by atoms with E-state index in [0.29, 0.717) is 6.04 Å². The van der Waals surface area contributed by atoms with Crippen LogP contribution in [0.3, 0.4) is 0 Å². The third-order valence-corrected chi connectivity index (χ3v) is 3.68. The summed E-state index contributed by atoms with van der Waals surface area (Å²) in [6.07, 6.45) is 1.20. The summed E-state index contributed by atoms with van der Waals surface area (Å²) >= 11 is 1.84. The van der Waals surface area contributed by atoms with Crippen LogP contribution in [0.4, 0.5) is 0 Å². The van der Waals surface area contributed by atoms with Crippen LogP contribution in [0.5, 0.6) is 0 Å². The number of hydrogen-bond donors (Lipinski definition) is 2. The number of thiophene rings is 1. The van der Waals surface area contributed by atoms with Gasteiger partial charge in [0.2, 0.25) is 0 Å². The molecular formula is C12H22N2S. The smallest absolute Gasteiger partial charge is 0.0302 e. The fourth-order valence-electron chi connectivity index (χ4n) is 1.34. The van der Waals surface area contributed by atoms with Crippen LogP contribution in [0.1, 0.15) is 30.7 Å². The quantitative estimate of drug-likeness (QED) is 0.698. The van der Waals surface area contributed by atoms with Crippen LogP contribution in [-0.2, 0) is 6.54 Å². The highest BCUT2D eigenvalue weighted by Crippen LogP contribution is 2.14. The van der Waals surface area contributed by atoms with Gasteiger partial charge in [-0.3, -0.25) is 0 Å². The first-order chi connectivity index (χ1) is 7.24. The van der Waals surface area contributed by atoms with Crippen molar-refractivity contribution in [1.82, 2.24) is 10.6 Å². The Kier molecular flexibility index (Phi) is 5.91. The summed E-state index contributed by atoms with van der Waals surface area (Å²) in [5.74, 6) is 0. The Morgan fingerprint density at radius 3 is 2.80 bits per heavy atom. The highest BCUT2D eigenvalue weighted by atomic mass is 32.1. The molecule has 3 heteroatoms. The average Bonchev–Trinajstić information content (AvgIpc) is 2.63. The number of rotatable bonds is 7. The van der Waals surface area contributed by atoms with E-state index in [4.69, 9.17) is 0 Å². The van der Waals surface area contributed by atoms with Gasteiger partial charge in [0.1, 0.15) is 0 Å². The molecule has 0 saturated carbocycles. The molecule has 0 aliphatic carbocycles. The van der Waals surface area contributed by atoms with Gasteiger partial charge in [-0.1, -0.05) is 6.92 Å². The van der Waals surface area contributed by atoms with E-state index in [9.17, 15) is 0 Å². The Bertz CT molecular complexity index is 270. The summed E-state index contributed by atoms with van der Waals surface area (Å²) in [4.78, 5) is 1.46. The van der Waals surface area contributed by atoms with E-state index in [0.717, 1.165) is 19.6 Å². The first kappa shape index (κ1) is 12.7. The molecule has 1 unspecified atom stereocenters. The third kappa shape index (κ3) is 4.78. The molecule has 1 aromatic heterocycles. The van der Waals surface area contributed by atoms with Gasteiger partial charge >= 0.3 is 0 Å². The zero-order valence-corrected chi connectivity index (χ0v) is 10.8. The molecule has 0 bridgehead atoms. The summed E-state index contributed by atoms with van der Waals surface area (Å²) in [5, 5.41) is 9.08. The van der Waals surface area contributed by atoms with Gasteiger partial charge in [0.05, 0.1) is 0 Å². The van der Waals surface area contributed by atoms with E-state index >= 15 is 0 Å². The van der Waals surface area contributed by atoms with Crippen molar-refractivity contribution >= 4 is 11.3 Å². The van der Waals surface area contributed by atoms with Crippen molar-refractivity contribution in [1.29, 1.82) is 0 Å². The van der Waals surface area contributed by atoms with Gasteiger partial charge in [0.25, 0.3) is 0 Å². The Hall–Kier alpha value is -0.380. The molecule has 1 aromatic rings. The molecule has 1 heterocycles. The molecule has 2 nitrogen and oxygen atoms in total. The topological polar surface area (TPSA) is 24.1 Å². The highest BCUT2D eigenvalue weighted by molar-refractivity contribution is 7.10. The molecule has 0 aliphatic heterocycles. The SMILES string of the molecule is CCC(C)NCCNCc1sccc1C. The molecule has 15 heavy (non-hydrogen) atoms. The minimum Gasteiger partial charge on any atom is -0.313 e. The van der Waals surface area contributed by atoms with Gasteiger partial charge in [0, 0.05) is 30.6 Å². The van der Waals surface area contributed by atoms with Gasteiger partial charge in [0.15, 0.2) is 0 Å². The zero-order chi connectivity index (χ0) is 11.1. The average molecular weight is 226 g/mol. The first-order valence-corrected chi connectivity index (χ1v) is 6.59. The summed E-state index contributed by atoms with van der Waals surface area (Å²) in [6, 6.07) is 2.81. The Morgan fingerprint density at radius 2 is 2.20 bits per heavy atom. The highest BCUT2D eigenvalue weighted by Gasteiger charge is 1.99. The van der Waals surface area contributed by atoms with Crippen LogP contribution < -0.4 is 10.6 Å². The molecule has 0 amide bonds. The summed E-state index contributed by atoms with van der Waals surface area (Å²) in [7, 11) is 0. The lowest BCUT2D eigenvalue weighted by Crippen LogP contribution is -2.32. The van der Waals surface area contributed by atoms with E-state index in [2.05, 4.69) is 42.9 Å². The molecule has 0 fully saturated rings. The molecule has 0 aliphatic rings. The van der Waals surface area contributed by atoms with Crippen LogP contribution in [0, 0.1) is 6.92 Å². The van der Waals surface area contributed by atoms with Gasteiger partial charge in [-0.15, -0.1) is 11.3 Å². The minimum absolute atomic E-state index is 0.635. The molecule has 0 saturated heterocycles. The maximum Gasteiger partial charge on any atom is 0.0302 e. The summed E-state index contributed by atoms with van der Waals surface area (Å²) in [5.41, 5.74) is 1.40. The van der Waals surface area contributed by atoms with Crippen molar-refractivity contribution in [2.75, 3.05) is 13.1 Å². The van der Waals surface area contributed by atoms with Gasteiger partial charge in [-0.25, -0.2) is 0 Å². The molecular weight excluding hydrogens is 204 g/mol. The third-order valence-electron chi connectivity index (χ3n) is 2.66. The summed E-state index contributed by atoms with van der Waals surface area (Å²) < 4.78 is 0. The van der Waals surface area contributed by atoms with Crippen LogP contribution in [0.2, 0.25) is 0 Å². The fraction of sp³-hybridized carbons (Fsp3) is 0.667. The molecule has 0 radical (unpaired) electrons. The molecule has 0 aromatic carbocycles. The minimum atomic E-state index is 0.635. The predicted octanol–water partition coefficient (Wildman–Crippen LogP) is 2.53. The van der Waals surface area contributed by atoms with Gasteiger partial charge in [-0.2, -0.15) is 0 Å². The van der Waals surface area contributed by atoms with E-state index in [1.54, 1.807) is 0 Å². The lowest BCUT2D eigenvalue weighted by molar-refractivity contribution is 0.517. The van der Waals surface area contributed by atoms with E-state index in [-0.39, 0.29) is 0 Å². The van der Waals surface area contributed by atoms with Crippen LogP contribution in [-0.4, -0.2) is 19.1 Å². The Balaban J connectivity index is 2.05. The number of aryl methyl sites for hydroxylation is 1. The number of hydrogen-bond acceptors (Lipinski definition) is 3. The second-order valence-corrected chi connectivity index (χ2v) is 4.97. The van der Waals surface area contributed by atoms with Crippen molar-refractivity contribution < 1.29 is 0 Å². The van der Waals surface area contributed by atoms with Crippen LogP contribution in [0.15, 0.2) is 11.4 Å². The molecule has 1 atom stereocenters. The Morgan fingerprint density at radius 1 is 1.40 bits per heavy atom. The second-order valence-electron chi connectivity index (χ2n) is 3.97. The predicted molar refractivity (Wildman–Crippen MR) is 68.5 cm³/mol. The molecule has 1 rings (SSSR count). The molecule has 86 valence electrons. The van der Waals surface area contributed by atoms with Crippen LogP contribution >= 0.6 is 11.3 Å². The van der Waals surface area contributed by atoms with Gasteiger partial charge < -0.3 is 10.6 Å². The lowest BCUT2D eigenvalue weighted by atomic mass is 10.2. The fourth-order valence-corrected chi connectivity index (χ4v) is 2.21. The van der Waals surface area contributed by atoms with Gasteiger partial charge in [-0.05, 0) is 37.3 Å². The van der Waals surface area contributed by atoms with Crippen molar-refractivity contribution in [2.45, 2.75) is 39.8 Å². The lowest BCUT2D eigenvalue weighted by Gasteiger charge is -2.11. The number of nitrogens with one attached hydrogen (secondary N) is 2. The molecule has 0 spiro atoms.